The number of imide groups is 1. The first kappa shape index (κ1) is 31.8. The Kier molecular flexibility index (Phi) is 9.98. The summed E-state index contributed by atoms with van der Waals surface area (Å²) in [4.78, 5) is 35.1. The van der Waals surface area contributed by atoms with Crippen LogP contribution in [0.4, 0.5) is 5.95 Å². The van der Waals surface area contributed by atoms with Crippen LogP contribution in [0.2, 0.25) is 5.02 Å². The van der Waals surface area contributed by atoms with Crippen molar-refractivity contribution in [3.63, 3.8) is 0 Å². The molecule has 45 heavy (non-hydrogen) atoms. The van der Waals surface area contributed by atoms with E-state index in [1.54, 1.807) is 0 Å². The maximum Gasteiger partial charge on any atom is 0.237 e. The van der Waals surface area contributed by atoms with Crippen molar-refractivity contribution in [3.8, 4) is 5.88 Å². The molecule has 0 radical (unpaired) electrons. The van der Waals surface area contributed by atoms with Crippen LogP contribution < -0.4 is 15.4 Å². The van der Waals surface area contributed by atoms with Gasteiger partial charge >= 0.3 is 0 Å². The molecule has 0 saturated carbocycles. The second-order valence-electron chi connectivity index (χ2n) is 12.2. The second kappa shape index (κ2) is 14.1. The third-order valence-electron chi connectivity index (χ3n) is 9.31. The summed E-state index contributed by atoms with van der Waals surface area (Å²) in [6.07, 6.45) is 7.19. The first-order chi connectivity index (χ1) is 21.8. The Morgan fingerprint density at radius 2 is 1.89 bits per heavy atom. The zero-order valence-electron chi connectivity index (χ0n) is 25.8. The van der Waals surface area contributed by atoms with Gasteiger partial charge < -0.3 is 15.0 Å². The molecule has 6 rings (SSSR count). The van der Waals surface area contributed by atoms with Gasteiger partial charge in [-0.15, -0.1) is 0 Å². The number of likely N-dealkylation sites (tertiary alicyclic amines) is 1. The van der Waals surface area contributed by atoms with E-state index in [9.17, 15) is 13.8 Å². The van der Waals surface area contributed by atoms with Gasteiger partial charge in [0.15, 0.2) is 0 Å². The lowest BCUT2D eigenvalue weighted by Crippen LogP contribution is -2.41. The molecule has 3 aliphatic heterocycles. The van der Waals surface area contributed by atoms with Crippen LogP contribution in [0.25, 0.3) is 10.9 Å². The maximum atomic E-state index is 13.0. The SMILES string of the molecule is COc1nc(NC2CCN(S(=O)CCCN3CCC(c4ccc5c(C6CCC(=O)NC6=O)nn(C)c5c4)CC3)CC2)ncc1Cl. The highest BCUT2D eigenvalue weighted by atomic mass is 35.5. The number of nitrogens with one attached hydrogen (secondary N) is 2. The number of nitrogens with zero attached hydrogens (tertiary/aromatic N) is 6. The lowest BCUT2D eigenvalue weighted by atomic mass is 9.88. The molecule has 14 heteroatoms. The molecule has 5 heterocycles. The molecule has 3 fully saturated rings. The molecule has 12 nitrogen and oxygen atoms in total. The summed E-state index contributed by atoms with van der Waals surface area (Å²) in [5.41, 5.74) is 3.09. The van der Waals surface area contributed by atoms with Gasteiger partial charge in [0.1, 0.15) is 5.02 Å². The smallest absolute Gasteiger partial charge is 0.237 e. The average molecular weight is 657 g/mol. The van der Waals surface area contributed by atoms with Gasteiger partial charge in [-0.1, -0.05) is 23.7 Å². The standard InChI is InChI=1S/C31H41ClN8O4S/c1-38-26-18-21(4-5-23(26)28(37-38)24-6-7-27(41)35-29(24)42)20-8-13-39(14-9-20)12-3-17-45(43)40-15-10-22(11-16-40)34-31-33-19-25(32)30(36-31)44-2/h4-5,18-20,22,24H,3,6-17H2,1-2H3,(H,33,34,36)(H,35,41,42). The molecule has 2 aromatic heterocycles. The number of aryl methyl sites for hydroxylation is 1. The van der Waals surface area contributed by atoms with E-state index in [0.717, 1.165) is 81.4 Å². The van der Waals surface area contributed by atoms with Crippen molar-refractivity contribution in [2.75, 3.05) is 50.9 Å². The van der Waals surface area contributed by atoms with Crippen molar-refractivity contribution in [2.45, 2.75) is 62.8 Å². The van der Waals surface area contributed by atoms with E-state index in [2.05, 4.69) is 53.1 Å². The molecule has 3 aromatic rings. The van der Waals surface area contributed by atoms with Crippen molar-refractivity contribution in [1.82, 2.24) is 34.3 Å². The van der Waals surface area contributed by atoms with Crippen molar-refractivity contribution in [1.29, 1.82) is 0 Å². The maximum absolute atomic E-state index is 13.0. The van der Waals surface area contributed by atoms with Gasteiger partial charge in [-0.25, -0.2) is 13.5 Å². The number of rotatable bonds is 10. The first-order valence-electron chi connectivity index (χ1n) is 15.8. The average Bonchev–Trinajstić information content (AvgIpc) is 3.37. The molecule has 242 valence electrons. The number of methoxy groups -OCH3 is 1. The van der Waals surface area contributed by atoms with E-state index in [-0.39, 0.29) is 23.8 Å². The number of amides is 2. The van der Waals surface area contributed by atoms with Gasteiger partial charge in [0, 0.05) is 43.7 Å². The van der Waals surface area contributed by atoms with Crippen molar-refractivity contribution < 1.29 is 18.5 Å². The third-order valence-corrected chi connectivity index (χ3v) is 11.1. The van der Waals surface area contributed by atoms with E-state index in [1.165, 1.54) is 18.9 Å². The van der Waals surface area contributed by atoms with Crippen LogP contribution in [0.3, 0.4) is 0 Å². The van der Waals surface area contributed by atoms with Crippen LogP contribution in [-0.2, 0) is 27.6 Å². The molecule has 3 aliphatic rings. The summed E-state index contributed by atoms with van der Waals surface area (Å²) in [5, 5.41) is 11.9. The van der Waals surface area contributed by atoms with Gasteiger partial charge in [0.25, 0.3) is 0 Å². The largest absolute Gasteiger partial charge is 0.480 e. The van der Waals surface area contributed by atoms with Gasteiger partial charge in [-0.2, -0.15) is 10.1 Å². The number of halogens is 1. The summed E-state index contributed by atoms with van der Waals surface area (Å²) in [7, 11) is 2.47. The molecule has 2 unspecified atom stereocenters. The van der Waals surface area contributed by atoms with E-state index < -0.39 is 11.0 Å². The quantitative estimate of drug-likeness (QED) is 0.315. The van der Waals surface area contributed by atoms with Crippen LogP contribution in [0, 0.1) is 0 Å². The lowest BCUT2D eigenvalue weighted by molar-refractivity contribution is -0.134. The summed E-state index contributed by atoms with van der Waals surface area (Å²) in [6.45, 7) is 4.56. The molecule has 2 amide bonds. The molecule has 0 spiro atoms. The van der Waals surface area contributed by atoms with E-state index in [4.69, 9.17) is 16.3 Å². The molecule has 2 N–H and O–H groups in total. The molecular formula is C31H41ClN8O4S. The van der Waals surface area contributed by atoms with Crippen LogP contribution in [0.5, 0.6) is 5.88 Å². The minimum atomic E-state index is -0.977. The molecular weight excluding hydrogens is 616 g/mol. The monoisotopic (exact) mass is 656 g/mol. The number of fused-ring (bicyclic) bond motifs is 1. The third kappa shape index (κ3) is 7.32. The van der Waals surface area contributed by atoms with Crippen LogP contribution in [0.1, 0.15) is 68.0 Å². The number of carbonyl (C=O) groups is 2. The van der Waals surface area contributed by atoms with Gasteiger partial charge in [0.05, 0.1) is 41.4 Å². The first-order valence-corrected chi connectivity index (χ1v) is 17.4. The second-order valence-corrected chi connectivity index (χ2v) is 14.2. The van der Waals surface area contributed by atoms with Crippen molar-refractivity contribution in [2.24, 2.45) is 7.05 Å². The number of hydrogen-bond acceptors (Lipinski definition) is 9. The van der Waals surface area contributed by atoms with E-state index in [0.29, 0.717) is 41.4 Å². The van der Waals surface area contributed by atoms with Gasteiger partial charge in [0.2, 0.25) is 23.6 Å². The van der Waals surface area contributed by atoms with Crippen molar-refractivity contribution >= 4 is 51.3 Å². The number of ether oxygens (including phenoxy) is 1. The highest BCUT2D eigenvalue weighted by molar-refractivity contribution is 7.82. The van der Waals surface area contributed by atoms with Crippen molar-refractivity contribution in [3.05, 3.63) is 40.7 Å². The Labute approximate surface area is 270 Å². The lowest BCUT2D eigenvalue weighted by Gasteiger charge is -2.33. The van der Waals surface area contributed by atoms with Crippen LogP contribution in [-0.4, -0.2) is 96.6 Å². The number of aromatic nitrogens is 4. The number of carbonyl (C=O) groups excluding carboxylic acids is 2. The fourth-order valence-electron chi connectivity index (χ4n) is 6.75. The zero-order chi connectivity index (χ0) is 31.5. The normalized spacial score (nSPS) is 21.6. The molecule has 3 saturated heterocycles. The number of anilines is 1. The summed E-state index contributed by atoms with van der Waals surface area (Å²) in [6, 6.07) is 6.72. The minimum absolute atomic E-state index is 0.212. The minimum Gasteiger partial charge on any atom is -0.480 e. The fourth-order valence-corrected chi connectivity index (χ4v) is 8.17. The molecule has 0 aliphatic carbocycles. The predicted molar refractivity (Wildman–Crippen MR) is 174 cm³/mol. The highest BCUT2D eigenvalue weighted by Gasteiger charge is 2.32. The predicted octanol–water partition coefficient (Wildman–Crippen LogP) is 3.36. The Balaban J connectivity index is 0.931. The Bertz CT molecular complexity index is 1570. The molecule has 0 bridgehead atoms. The topological polar surface area (TPSA) is 135 Å². The number of piperidine rings is 3. The molecule has 1 aromatic carbocycles. The summed E-state index contributed by atoms with van der Waals surface area (Å²) < 4.78 is 22.2. The van der Waals surface area contributed by atoms with Crippen LogP contribution in [0.15, 0.2) is 24.4 Å². The Morgan fingerprint density at radius 3 is 2.62 bits per heavy atom. The number of hydrogen-bond donors (Lipinski definition) is 2. The number of benzene rings is 1. The Morgan fingerprint density at radius 1 is 1.11 bits per heavy atom. The summed E-state index contributed by atoms with van der Waals surface area (Å²) in [5.74, 6) is 1.15. The molecule has 2 atom stereocenters. The fraction of sp³-hybridized carbons (Fsp3) is 0.581. The van der Waals surface area contributed by atoms with Gasteiger partial charge in [-0.05, 0) is 75.7 Å². The van der Waals surface area contributed by atoms with Crippen LogP contribution >= 0.6 is 11.6 Å². The summed E-state index contributed by atoms with van der Waals surface area (Å²) >= 11 is 6.03. The highest BCUT2D eigenvalue weighted by Crippen LogP contribution is 2.34. The van der Waals surface area contributed by atoms with E-state index in [1.807, 2.05) is 11.7 Å². The van der Waals surface area contributed by atoms with E-state index >= 15 is 0 Å². The Hall–Kier alpha value is -3.13. The zero-order valence-corrected chi connectivity index (χ0v) is 27.4. The van der Waals surface area contributed by atoms with Gasteiger partial charge in [-0.3, -0.25) is 19.6 Å².